The Labute approximate surface area is 154 Å². The fourth-order valence-corrected chi connectivity index (χ4v) is 3.74. The van der Waals surface area contributed by atoms with E-state index in [0.717, 1.165) is 17.9 Å². The van der Waals surface area contributed by atoms with Gasteiger partial charge < -0.3 is 4.90 Å². The molecular formula is C17H21ClF3N5. The first-order chi connectivity index (χ1) is 12.4. The molecule has 5 nitrogen and oxygen atoms in total. The van der Waals surface area contributed by atoms with E-state index in [1.165, 1.54) is 12.8 Å². The summed E-state index contributed by atoms with van der Waals surface area (Å²) in [5, 5.41) is 9.08. The molecule has 0 spiro atoms. The predicted molar refractivity (Wildman–Crippen MR) is 93.8 cm³/mol. The molecule has 2 fully saturated rings. The van der Waals surface area contributed by atoms with Gasteiger partial charge in [-0.15, -0.1) is 10.2 Å². The zero-order valence-corrected chi connectivity index (χ0v) is 15.1. The lowest BCUT2D eigenvalue weighted by atomic mass is 10.2. The molecule has 0 bridgehead atoms. The van der Waals surface area contributed by atoms with Crippen molar-refractivity contribution in [1.82, 2.24) is 19.5 Å². The van der Waals surface area contributed by atoms with Crippen molar-refractivity contribution in [1.29, 1.82) is 0 Å². The lowest BCUT2D eigenvalue weighted by Crippen LogP contribution is -2.47. The Morgan fingerprint density at radius 1 is 1.12 bits per heavy atom. The van der Waals surface area contributed by atoms with Gasteiger partial charge in [-0.05, 0) is 24.8 Å². The fraction of sp³-hybridized carbons (Fsp3) is 0.647. The molecule has 1 saturated carbocycles. The van der Waals surface area contributed by atoms with Gasteiger partial charge in [-0.25, -0.2) is 0 Å². The minimum Gasteiger partial charge on any atom is -0.368 e. The molecule has 0 N–H and O–H groups in total. The SMILES string of the molecule is FC(F)(F)CCN1CCN(c2ccn3c(CC4CC4)nnc3c2Cl)CC1. The molecule has 9 heteroatoms. The second kappa shape index (κ2) is 6.88. The summed E-state index contributed by atoms with van der Waals surface area (Å²) >= 11 is 6.57. The number of fused-ring (bicyclic) bond motifs is 1. The van der Waals surface area contributed by atoms with E-state index in [1.54, 1.807) is 0 Å². The number of anilines is 1. The number of aromatic nitrogens is 3. The van der Waals surface area contributed by atoms with E-state index in [4.69, 9.17) is 11.6 Å². The Bertz CT molecular complexity index is 779. The number of halogens is 4. The van der Waals surface area contributed by atoms with Crippen LogP contribution in [0, 0.1) is 5.92 Å². The molecule has 4 rings (SSSR count). The zero-order chi connectivity index (χ0) is 18.3. The van der Waals surface area contributed by atoms with Crippen LogP contribution in [0.15, 0.2) is 12.3 Å². The number of piperazine rings is 1. The molecular weight excluding hydrogens is 367 g/mol. The molecule has 2 aromatic heterocycles. The number of pyridine rings is 1. The van der Waals surface area contributed by atoms with Crippen molar-refractivity contribution in [2.75, 3.05) is 37.6 Å². The van der Waals surface area contributed by atoms with E-state index >= 15 is 0 Å². The molecule has 0 aromatic carbocycles. The smallest absolute Gasteiger partial charge is 0.368 e. The van der Waals surface area contributed by atoms with Crippen molar-refractivity contribution in [3.63, 3.8) is 0 Å². The van der Waals surface area contributed by atoms with Crippen LogP contribution in [0.3, 0.4) is 0 Å². The molecule has 0 radical (unpaired) electrons. The third-order valence-electron chi connectivity index (χ3n) is 5.16. The van der Waals surface area contributed by atoms with E-state index in [-0.39, 0.29) is 6.54 Å². The predicted octanol–water partition coefficient (Wildman–Crippen LogP) is 3.41. The molecule has 2 aliphatic rings. The normalized spacial score (nSPS) is 19.5. The van der Waals surface area contributed by atoms with Gasteiger partial charge >= 0.3 is 6.18 Å². The molecule has 142 valence electrons. The Hall–Kier alpha value is -1.54. The summed E-state index contributed by atoms with van der Waals surface area (Å²) in [6, 6.07) is 1.96. The highest BCUT2D eigenvalue weighted by atomic mass is 35.5. The third-order valence-corrected chi connectivity index (χ3v) is 5.52. The first-order valence-corrected chi connectivity index (χ1v) is 9.35. The number of nitrogens with zero attached hydrogens (tertiary/aromatic N) is 5. The molecule has 26 heavy (non-hydrogen) atoms. The second-order valence-corrected chi connectivity index (χ2v) is 7.54. The molecule has 1 aliphatic carbocycles. The topological polar surface area (TPSA) is 36.7 Å². The van der Waals surface area contributed by atoms with Crippen LogP contribution in [0.1, 0.15) is 25.1 Å². The summed E-state index contributed by atoms with van der Waals surface area (Å²) in [6.07, 6.45) is 0.512. The van der Waals surface area contributed by atoms with Gasteiger partial charge in [-0.2, -0.15) is 13.2 Å². The van der Waals surface area contributed by atoms with Crippen molar-refractivity contribution in [3.8, 4) is 0 Å². The quantitative estimate of drug-likeness (QED) is 0.787. The van der Waals surface area contributed by atoms with Crippen molar-refractivity contribution < 1.29 is 13.2 Å². The monoisotopic (exact) mass is 387 g/mol. The summed E-state index contributed by atoms with van der Waals surface area (Å²) < 4.78 is 39.1. The number of hydrogen-bond donors (Lipinski definition) is 0. The number of rotatable bonds is 5. The molecule has 1 aliphatic heterocycles. The standard InChI is InChI=1S/C17H21ClF3N5/c18-15-13(25-9-7-24(8-10-25)6-4-17(19,20)21)3-5-26-14(11-12-1-2-12)22-23-16(15)26/h3,5,12H,1-2,4,6-11H2. The van der Waals surface area contributed by atoms with Crippen molar-refractivity contribution in [2.45, 2.75) is 31.9 Å². The molecule has 0 unspecified atom stereocenters. The number of alkyl halides is 3. The Morgan fingerprint density at radius 3 is 2.50 bits per heavy atom. The highest BCUT2D eigenvalue weighted by molar-refractivity contribution is 6.36. The van der Waals surface area contributed by atoms with E-state index in [1.807, 2.05) is 21.6 Å². The molecule has 3 heterocycles. The number of hydrogen-bond acceptors (Lipinski definition) is 4. The van der Waals surface area contributed by atoms with Gasteiger partial charge in [0.2, 0.25) is 0 Å². The Balaban J connectivity index is 1.43. The molecule has 0 amide bonds. The van der Waals surface area contributed by atoms with Crippen LogP contribution in [0.5, 0.6) is 0 Å². The molecule has 1 saturated heterocycles. The van der Waals surface area contributed by atoms with E-state index in [9.17, 15) is 13.2 Å². The average Bonchev–Trinajstić information content (AvgIpc) is 3.32. The van der Waals surface area contributed by atoms with Crippen LogP contribution in [0.4, 0.5) is 18.9 Å². The van der Waals surface area contributed by atoms with E-state index in [2.05, 4.69) is 15.1 Å². The summed E-state index contributed by atoms with van der Waals surface area (Å²) in [6.45, 7) is 2.54. The minimum atomic E-state index is -4.10. The fourth-order valence-electron chi connectivity index (χ4n) is 3.42. The van der Waals surface area contributed by atoms with Crippen LogP contribution >= 0.6 is 11.6 Å². The largest absolute Gasteiger partial charge is 0.390 e. The van der Waals surface area contributed by atoms with E-state index < -0.39 is 12.6 Å². The highest BCUT2D eigenvalue weighted by Gasteiger charge is 2.29. The Morgan fingerprint density at radius 2 is 1.85 bits per heavy atom. The second-order valence-electron chi connectivity index (χ2n) is 7.17. The van der Waals surface area contributed by atoms with Crippen molar-refractivity contribution in [2.24, 2.45) is 5.92 Å². The maximum absolute atomic E-state index is 12.4. The summed E-state index contributed by atoms with van der Waals surface area (Å²) in [5.41, 5.74) is 1.53. The Kier molecular flexibility index (Phi) is 4.73. The van der Waals surface area contributed by atoms with Crippen LogP contribution in [-0.4, -0.2) is 58.4 Å². The van der Waals surface area contributed by atoms with Crippen LogP contribution in [-0.2, 0) is 6.42 Å². The van der Waals surface area contributed by atoms with Gasteiger partial charge in [-0.3, -0.25) is 9.30 Å². The van der Waals surface area contributed by atoms with Gasteiger partial charge in [0.25, 0.3) is 0 Å². The molecule has 0 atom stereocenters. The van der Waals surface area contributed by atoms with Gasteiger partial charge in [-0.1, -0.05) is 11.6 Å². The van der Waals surface area contributed by atoms with Gasteiger partial charge in [0, 0.05) is 45.3 Å². The lowest BCUT2D eigenvalue weighted by molar-refractivity contribution is -0.138. The molecule has 2 aromatic rings. The summed E-state index contributed by atoms with van der Waals surface area (Å²) in [4.78, 5) is 3.96. The maximum Gasteiger partial charge on any atom is 0.390 e. The lowest BCUT2D eigenvalue weighted by Gasteiger charge is -2.36. The maximum atomic E-state index is 12.4. The first kappa shape index (κ1) is 17.9. The van der Waals surface area contributed by atoms with Crippen molar-refractivity contribution in [3.05, 3.63) is 23.1 Å². The minimum absolute atomic E-state index is 0.0544. The first-order valence-electron chi connectivity index (χ1n) is 8.97. The van der Waals surface area contributed by atoms with E-state index in [0.29, 0.717) is 42.8 Å². The van der Waals surface area contributed by atoms with Crippen molar-refractivity contribution >= 4 is 22.9 Å². The van der Waals surface area contributed by atoms with Gasteiger partial charge in [0.05, 0.1) is 12.1 Å². The summed E-state index contributed by atoms with van der Waals surface area (Å²) in [7, 11) is 0. The third kappa shape index (κ3) is 3.91. The van der Waals surface area contributed by atoms with Crippen LogP contribution < -0.4 is 4.90 Å². The van der Waals surface area contributed by atoms with Gasteiger partial charge in [0.15, 0.2) is 5.65 Å². The van der Waals surface area contributed by atoms with Crippen LogP contribution in [0.25, 0.3) is 5.65 Å². The van der Waals surface area contributed by atoms with Crippen LogP contribution in [0.2, 0.25) is 5.02 Å². The summed E-state index contributed by atoms with van der Waals surface area (Å²) in [5.74, 6) is 1.65. The van der Waals surface area contributed by atoms with Gasteiger partial charge in [0.1, 0.15) is 10.8 Å². The highest BCUT2D eigenvalue weighted by Crippen LogP contribution is 2.34. The zero-order valence-electron chi connectivity index (χ0n) is 14.3. The average molecular weight is 388 g/mol.